The maximum absolute atomic E-state index is 9.61. The Bertz CT molecular complexity index is 519. The van der Waals surface area contributed by atoms with Gasteiger partial charge >= 0.3 is 0 Å². The molecule has 1 N–H and O–H groups in total. The van der Waals surface area contributed by atoms with Crippen LogP contribution in [0.5, 0.6) is 0 Å². The highest BCUT2D eigenvalue weighted by molar-refractivity contribution is 7.79. The molecule has 0 bridgehead atoms. The van der Waals surface area contributed by atoms with Crippen molar-refractivity contribution < 1.29 is 5.11 Å². The highest BCUT2D eigenvalue weighted by Crippen LogP contribution is 2.22. The number of rotatable bonds is 4. The number of benzene rings is 2. The van der Waals surface area contributed by atoms with E-state index in [2.05, 4.69) is 0 Å². The largest absolute Gasteiger partial charge is 0.387 e. The number of aliphatic hydroxyl groups excluding tert-OH is 1. The van der Waals surface area contributed by atoms with Crippen molar-refractivity contribution in [1.82, 2.24) is 0 Å². The summed E-state index contributed by atoms with van der Waals surface area (Å²) in [6.07, 6.45) is -0.599. The molecule has 1 nitrogen and oxygen atoms in total. The van der Waals surface area contributed by atoms with Gasteiger partial charge in [0.25, 0.3) is 0 Å². The van der Waals surface area contributed by atoms with Crippen molar-refractivity contribution in [2.45, 2.75) is 6.10 Å². The van der Waals surface area contributed by atoms with Gasteiger partial charge in [-0.15, -0.1) is 11.6 Å². The molecule has 0 saturated carbocycles. The van der Waals surface area contributed by atoms with Gasteiger partial charge in [-0.2, -0.15) is 0 Å². The highest BCUT2D eigenvalue weighted by Gasteiger charge is 2.05. The minimum absolute atomic E-state index is 0.211. The Morgan fingerprint density at radius 2 is 1.50 bits per heavy atom. The summed E-state index contributed by atoms with van der Waals surface area (Å²) < 4.78 is 0. The average molecular weight is 277 g/mol. The molecule has 2 aromatic carbocycles. The maximum Gasteiger partial charge on any atom is 0.0925 e. The van der Waals surface area contributed by atoms with Gasteiger partial charge in [0.05, 0.1) is 12.0 Å². The van der Waals surface area contributed by atoms with E-state index in [1.54, 1.807) is 5.37 Å². The first kappa shape index (κ1) is 13.2. The van der Waals surface area contributed by atoms with Crippen LogP contribution < -0.4 is 0 Å². The second kappa shape index (κ2) is 6.10. The Labute approximate surface area is 117 Å². The molecule has 0 aliphatic heterocycles. The van der Waals surface area contributed by atoms with Gasteiger partial charge in [-0.1, -0.05) is 60.7 Å². The Morgan fingerprint density at radius 3 is 1.94 bits per heavy atom. The molecule has 0 radical (unpaired) electrons. The van der Waals surface area contributed by atoms with E-state index >= 15 is 0 Å². The van der Waals surface area contributed by atoms with Gasteiger partial charge in [0.1, 0.15) is 0 Å². The molecule has 18 heavy (non-hydrogen) atoms. The Balaban J connectivity index is 2.25. The van der Waals surface area contributed by atoms with Crippen LogP contribution in [0.15, 0.2) is 48.5 Å². The minimum atomic E-state index is -0.599. The molecule has 0 aliphatic carbocycles. The number of hydrogen-bond acceptors (Lipinski definition) is 2. The molecule has 3 heteroatoms. The molecule has 0 amide bonds. The summed E-state index contributed by atoms with van der Waals surface area (Å²) in [5, 5.41) is 11.3. The molecular weight excluding hydrogens is 264 g/mol. The standard InChI is InChI=1S/C15H13ClOS/c16-9-15(17)14-7-5-13(6-8-14)12-3-1-11(10-18)2-4-12/h1-8,10,15,17H,9H2. The van der Waals surface area contributed by atoms with Crippen molar-refractivity contribution >= 4 is 29.2 Å². The topological polar surface area (TPSA) is 20.2 Å². The lowest BCUT2D eigenvalue weighted by molar-refractivity contribution is 0.202. The van der Waals surface area contributed by atoms with Crippen LogP contribution in [0, 0.1) is 0 Å². The molecule has 1 atom stereocenters. The van der Waals surface area contributed by atoms with Crippen LogP contribution in [-0.4, -0.2) is 16.4 Å². The van der Waals surface area contributed by atoms with Gasteiger partial charge in [0.15, 0.2) is 0 Å². The molecule has 2 rings (SSSR count). The van der Waals surface area contributed by atoms with E-state index in [-0.39, 0.29) is 5.88 Å². The van der Waals surface area contributed by atoms with Gasteiger partial charge in [-0.05, 0) is 22.3 Å². The van der Waals surface area contributed by atoms with Crippen LogP contribution in [0.4, 0.5) is 0 Å². The summed E-state index contributed by atoms with van der Waals surface area (Å²) in [5.41, 5.74) is 4.10. The second-order valence-corrected chi connectivity index (χ2v) is 4.58. The summed E-state index contributed by atoms with van der Waals surface area (Å²) in [6.45, 7) is 0. The Kier molecular flexibility index (Phi) is 4.48. The predicted octanol–water partition coefficient (Wildman–Crippen LogP) is 3.97. The molecule has 2 aromatic rings. The fourth-order valence-electron chi connectivity index (χ4n) is 1.74. The van der Waals surface area contributed by atoms with Crippen molar-refractivity contribution in [1.29, 1.82) is 0 Å². The highest BCUT2D eigenvalue weighted by atomic mass is 35.5. The van der Waals surface area contributed by atoms with Crippen LogP contribution in [0.2, 0.25) is 0 Å². The number of thiocarbonyl (C=S) groups is 1. The predicted molar refractivity (Wildman–Crippen MR) is 80.3 cm³/mol. The van der Waals surface area contributed by atoms with Crippen molar-refractivity contribution in [3.8, 4) is 11.1 Å². The molecule has 0 saturated heterocycles. The van der Waals surface area contributed by atoms with Crippen LogP contribution in [0.1, 0.15) is 17.2 Å². The zero-order valence-electron chi connectivity index (χ0n) is 9.71. The first-order valence-corrected chi connectivity index (χ1v) is 6.65. The lowest BCUT2D eigenvalue weighted by Crippen LogP contribution is -1.97. The number of aliphatic hydroxyl groups is 1. The third kappa shape index (κ3) is 2.96. The molecule has 1 unspecified atom stereocenters. The summed E-state index contributed by atoms with van der Waals surface area (Å²) in [6, 6.07) is 15.8. The number of alkyl halides is 1. The lowest BCUT2D eigenvalue weighted by atomic mass is 10.0. The van der Waals surface area contributed by atoms with Crippen LogP contribution in [-0.2, 0) is 0 Å². The third-order valence-corrected chi connectivity index (χ3v) is 3.39. The lowest BCUT2D eigenvalue weighted by Gasteiger charge is -2.08. The molecule has 0 spiro atoms. The number of hydrogen-bond donors (Lipinski definition) is 1. The van der Waals surface area contributed by atoms with Crippen LogP contribution in [0.3, 0.4) is 0 Å². The van der Waals surface area contributed by atoms with Gasteiger partial charge in [0.2, 0.25) is 0 Å². The fourth-order valence-corrected chi connectivity index (χ4v) is 2.08. The summed E-state index contributed by atoms with van der Waals surface area (Å²) in [7, 11) is 0. The monoisotopic (exact) mass is 276 g/mol. The van der Waals surface area contributed by atoms with E-state index in [1.165, 1.54) is 0 Å². The molecule has 0 heterocycles. The van der Waals surface area contributed by atoms with Crippen LogP contribution in [0.25, 0.3) is 11.1 Å². The summed E-state index contributed by atoms with van der Waals surface area (Å²) >= 11 is 10.5. The second-order valence-electron chi connectivity index (χ2n) is 4.03. The fraction of sp³-hybridized carbons (Fsp3) is 0.133. The summed E-state index contributed by atoms with van der Waals surface area (Å²) in [5.74, 6) is 0.211. The SMILES string of the molecule is OC(CCl)c1ccc(-c2ccc(C=S)cc2)cc1. The zero-order chi connectivity index (χ0) is 13.0. The van der Waals surface area contributed by atoms with E-state index in [1.807, 2.05) is 48.5 Å². The van der Waals surface area contributed by atoms with Crippen molar-refractivity contribution in [3.05, 3.63) is 59.7 Å². The zero-order valence-corrected chi connectivity index (χ0v) is 11.3. The molecule has 0 aromatic heterocycles. The van der Waals surface area contributed by atoms with Gasteiger partial charge in [-0.25, -0.2) is 0 Å². The first-order valence-electron chi connectivity index (χ1n) is 5.64. The smallest absolute Gasteiger partial charge is 0.0925 e. The van der Waals surface area contributed by atoms with Gasteiger partial charge in [0, 0.05) is 5.37 Å². The molecule has 0 aliphatic rings. The molecular formula is C15H13ClOS. The van der Waals surface area contributed by atoms with E-state index in [4.69, 9.17) is 23.8 Å². The van der Waals surface area contributed by atoms with E-state index in [9.17, 15) is 5.11 Å². The van der Waals surface area contributed by atoms with E-state index in [0.717, 1.165) is 22.3 Å². The van der Waals surface area contributed by atoms with E-state index < -0.39 is 6.10 Å². The van der Waals surface area contributed by atoms with Crippen molar-refractivity contribution in [2.24, 2.45) is 0 Å². The van der Waals surface area contributed by atoms with Crippen molar-refractivity contribution in [3.63, 3.8) is 0 Å². The quantitative estimate of drug-likeness (QED) is 0.673. The average Bonchev–Trinajstić information content (AvgIpc) is 2.47. The minimum Gasteiger partial charge on any atom is -0.387 e. The van der Waals surface area contributed by atoms with Gasteiger partial charge in [-0.3, -0.25) is 0 Å². The normalized spacial score (nSPS) is 12.1. The molecule has 92 valence electrons. The van der Waals surface area contributed by atoms with E-state index in [0.29, 0.717) is 0 Å². The van der Waals surface area contributed by atoms with Gasteiger partial charge < -0.3 is 5.11 Å². The maximum atomic E-state index is 9.61. The molecule has 0 fully saturated rings. The summed E-state index contributed by atoms with van der Waals surface area (Å²) in [4.78, 5) is 0. The Hall–Kier alpha value is -1.22. The van der Waals surface area contributed by atoms with Crippen molar-refractivity contribution in [2.75, 3.05) is 5.88 Å². The Morgan fingerprint density at radius 1 is 1.00 bits per heavy atom. The van der Waals surface area contributed by atoms with Crippen LogP contribution >= 0.6 is 23.8 Å². The first-order chi connectivity index (χ1) is 8.74. The number of halogens is 1. The third-order valence-electron chi connectivity index (χ3n) is 2.82.